The van der Waals surface area contributed by atoms with Gasteiger partial charge in [0.25, 0.3) is 0 Å². The van der Waals surface area contributed by atoms with Crippen molar-refractivity contribution in [1.82, 2.24) is 0 Å². The molecule has 1 aromatic rings. The number of benzene rings is 1. The van der Waals surface area contributed by atoms with E-state index < -0.39 is 0 Å². The second-order valence-electron chi connectivity index (χ2n) is 4.85. The van der Waals surface area contributed by atoms with Crippen LogP contribution in [0.4, 0.5) is 0 Å². The highest BCUT2D eigenvalue weighted by Gasteiger charge is 2.18. The van der Waals surface area contributed by atoms with Crippen molar-refractivity contribution in [2.75, 3.05) is 0 Å². The van der Waals surface area contributed by atoms with Gasteiger partial charge in [0.1, 0.15) is 0 Å². The van der Waals surface area contributed by atoms with Gasteiger partial charge in [-0.05, 0) is 48.8 Å². The Hall–Kier alpha value is -1.08. The standard InChI is InChI=1S/C14H17N/c15-14-8-11(9-14)6-10-4-5-12-2-1-3-13(12)7-10/h4-7,14H,1-3,8-9,15H2. The van der Waals surface area contributed by atoms with Gasteiger partial charge >= 0.3 is 0 Å². The maximum Gasteiger partial charge on any atom is 0.0114 e. The predicted octanol–water partition coefficient (Wildman–Crippen LogP) is 2.68. The minimum Gasteiger partial charge on any atom is -0.327 e. The molecular formula is C14H17N. The molecular weight excluding hydrogens is 182 g/mol. The maximum atomic E-state index is 5.77. The third-order valence-electron chi connectivity index (χ3n) is 3.54. The van der Waals surface area contributed by atoms with Crippen molar-refractivity contribution in [3.8, 4) is 0 Å². The third-order valence-corrected chi connectivity index (χ3v) is 3.54. The normalized spacial score (nSPS) is 23.5. The Labute approximate surface area is 91.0 Å². The van der Waals surface area contributed by atoms with Crippen molar-refractivity contribution >= 4 is 6.08 Å². The summed E-state index contributed by atoms with van der Waals surface area (Å²) in [5.74, 6) is 0. The Morgan fingerprint density at radius 3 is 2.73 bits per heavy atom. The van der Waals surface area contributed by atoms with Crippen LogP contribution in [0.5, 0.6) is 0 Å². The van der Waals surface area contributed by atoms with Gasteiger partial charge < -0.3 is 5.73 Å². The van der Waals surface area contributed by atoms with Gasteiger partial charge in [0.05, 0.1) is 0 Å². The van der Waals surface area contributed by atoms with E-state index in [0.29, 0.717) is 6.04 Å². The molecule has 15 heavy (non-hydrogen) atoms. The Morgan fingerprint density at radius 2 is 1.93 bits per heavy atom. The van der Waals surface area contributed by atoms with Crippen LogP contribution in [0.1, 0.15) is 36.0 Å². The highest BCUT2D eigenvalue weighted by Crippen LogP contribution is 2.29. The quantitative estimate of drug-likeness (QED) is 0.739. The number of fused-ring (bicyclic) bond motifs is 1. The molecule has 1 saturated carbocycles. The van der Waals surface area contributed by atoms with Crippen LogP contribution in [0.2, 0.25) is 0 Å². The molecule has 0 heterocycles. The molecule has 2 aliphatic carbocycles. The number of aryl methyl sites for hydroxylation is 2. The number of nitrogens with two attached hydrogens (primary N) is 1. The molecule has 3 rings (SSSR count). The minimum atomic E-state index is 0.422. The average molecular weight is 199 g/mol. The number of hydrogen-bond acceptors (Lipinski definition) is 1. The molecule has 0 saturated heterocycles. The van der Waals surface area contributed by atoms with Crippen LogP contribution in [0.15, 0.2) is 23.8 Å². The Morgan fingerprint density at radius 1 is 1.13 bits per heavy atom. The zero-order valence-corrected chi connectivity index (χ0v) is 9.00. The molecule has 0 aromatic heterocycles. The fourth-order valence-electron chi connectivity index (χ4n) is 2.65. The Balaban J connectivity index is 1.84. The van der Waals surface area contributed by atoms with Gasteiger partial charge in [-0.1, -0.05) is 29.8 Å². The first-order valence-corrected chi connectivity index (χ1v) is 5.88. The van der Waals surface area contributed by atoms with E-state index in [4.69, 9.17) is 5.73 Å². The summed E-state index contributed by atoms with van der Waals surface area (Å²) in [5, 5.41) is 0. The maximum absolute atomic E-state index is 5.77. The monoisotopic (exact) mass is 199 g/mol. The molecule has 2 N–H and O–H groups in total. The molecule has 0 aliphatic heterocycles. The summed E-state index contributed by atoms with van der Waals surface area (Å²) in [6.45, 7) is 0. The van der Waals surface area contributed by atoms with Crippen LogP contribution >= 0.6 is 0 Å². The van der Waals surface area contributed by atoms with E-state index >= 15 is 0 Å². The molecule has 1 fully saturated rings. The van der Waals surface area contributed by atoms with Crippen LogP contribution in [0.25, 0.3) is 6.08 Å². The fraction of sp³-hybridized carbons (Fsp3) is 0.429. The van der Waals surface area contributed by atoms with E-state index in [1.165, 1.54) is 30.4 Å². The molecule has 0 amide bonds. The van der Waals surface area contributed by atoms with Crippen LogP contribution in [-0.4, -0.2) is 6.04 Å². The topological polar surface area (TPSA) is 26.0 Å². The SMILES string of the molecule is NC1CC(=Cc2ccc3c(c2)CCC3)C1. The molecule has 2 aliphatic rings. The van der Waals surface area contributed by atoms with E-state index in [1.54, 1.807) is 11.1 Å². The van der Waals surface area contributed by atoms with Gasteiger partial charge in [0.15, 0.2) is 0 Å². The molecule has 0 radical (unpaired) electrons. The molecule has 1 aromatic carbocycles. The predicted molar refractivity (Wildman–Crippen MR) is 63.7 cm³/mol. The average Bonchev–Trinajstić information content (AvgIpc) is 2.62. The highest BCUT2D eigenvalue weighted by molar-refractivity contribution is 5.57. The Bertz CT molecular complexity index is 409. The summed E-state index contributed by atoms with van der Waals surface area (Å²) in [5.41, 5.74) is 11.8. The summed E-state index contributed by atoms with van der Waals surface area (Å²) in [7, 11) is 0. The summed E-state index contributed by atoms with van der Waals surface area (Å²) >= 11 is 0. The van der Waals surface area contributed by atoms with E-state index in [9.17, 15) is 0 Å². The zero-order valence-electron chi connectivity index (χ0n) is 9.00. The summed E-state index contributed by atoms with van der Waals surface area (Å²) in [6, 6.07) is 7.33. The molecule has 1 nitrogen and oxygen atoms in total. The second kappa shape index (κ2) is 3.49. The van der Waals surface area contributed by atoms with Crippen molar-refractivity contribution in [3.05, 3.63) is 40.5 Å². The first-order valence-electron chi connectivity index (χ1n) is 5.88. The highest BCUT2D eigenvalue weighted by atomic mass is 14.7. The Kier molecular flexibility index (Phi) is 2.14. The smallest absolute Gasteiger partial charge is 0.0114 e. The molecule has 0 unspecified atom stereocenters. The van der Waals surface area contributed by atoms with Gasteiger partial charge in [-0.15, -0.1) is 0 Å². The van der Waals surface area contributed by atoms with Gasteiger partial charge in [-0.25, -0.2) is 0 Å². The third kappa shape index (κ3) is 1.72. The molecule has 0 bridgehead atoms. The van der Waals surface area contributed by atoms with Gasteiger partial charge in [-0.2, -0.15) is 0 Å². The molecule has 0 spiro atoms. The number of hydrogen-bond donors (Lipinski definition) is 1. The second-order valence-corrected chi connectivity index (χ2v) is 4.85. The van der Waals surface area contributed by atoms with Crippen molar-refractivity contribution in [1.29, 1.82) is 0 Å². The molecule has 78 valence electrons. The van der Waals surface area contributed by atoms with Crippen LogP contribution in [0, 0.1) is 0 Å². The van der Waals surface area contributed by atoms with E-state index in [1.807, 2.05) is 0 Å². The van der Waals surface area contributed by atoms with E-state index in [0.717, 1.165) is 12.8 Å². The first-order chi connectivity index (χ1) is 7.31. The molecule has 1 heteroatoms. The van der Waals surface area contributed by atoms with Gasteiger partial charge in [-0.3, -0.25) is 0 Å². The largest absolute Gasteiger partial charge is 0.327 e. The van der Waals surface area contributed by atoms with Crippen molar-refractivity contribution in [3.63, 3.8) is 0 Å². The molecule has 0 atom stereocenters. The van der Waals surface area contributed by atoms with Crippen molar-refractivity contribution < 1.29 is 0 Å². The number of rotatable bonds is 1. The zero-order chi connectivity index (χ0) is 10.3. The van der Waals surface area contributed by atoms with Gasteiger partial charge in [0, 0.05) is 6.04 Å². The van der Waals surface area contributed by atoms with E-state index in [-0.39, 0.29) is 0 Å². The van der Waals surface area contributed by atoms with Crippen LogP contribution in [-0.2, 0) is 12.8 Å². The minimum absolute atomic E-state index is 0.422. The van der Waals surface area contributed by atoms with Crippen molar-refractivity contribution in [2.24, 2.45) is 5.73 Å². The fourth-order valence-corrected chi connectivity index (χ4v) is 2.65. The van der Waals surface area contributed by atoms with Crippen LogP contribution < -0.4 is 5.73 Å². The van der Waals surface area contributed by atoms with E-state index in [2.05, 4.69) is 24.3 Å². The lowest BCUT2D eigenvalue weighted by Gasteiger charge is -2.25. The van der Waals surface area contributed by atoms with Crippen LogP contribution in [0.3, 0.4) is 0 Å². The lowest BCUT2D eigenvalue weighted by molar-refractivity contribution is 0.547. The summed E-state index contributed by atoms with van der Waals surface area (Å²) in [4.78, 5) is 0. The lowest BCUT2D eigenvalue weighted by atomic mass is 9.86. The summed E-state index contributed by atoms with van der Waals surface area (Å²) < 4.78 is 0. The summed E-state index contributed by atoms with van der Waals surface area (Å²) in [6.07, 6.45) is 8.39. The van der Waals surface area contributed by atoms with Crippen molar-refractivity contribution in [2.45, 2.75) is 38.1 Å². The first kappa shape index (κ1) is 9.17. The lowest BCUT2D eigenvalue weighted by Crippen LogP contribution is -2.29. The van der Waals surface area contributed by atoms with Gasteiger partial charge in [0.2, 0.25) is 0 Å².